The number of piperidine rings is 2. The number of anilines is 1. The quantitative estimate of drug-likeness (QED) is 0.746. The number of ether oxygens (including phenoxy) is 1. The van der Waals surface area contributed by atoms with Crippen LogP contribution in [0, 0.1) is 30.6 Å². The number of aryl methyl sites for hydroxylation is 2. The zero-order chi connectivity index (χ0) is 19.4. The molecule has 1 atom stereocenters. The van der Waals surface area contributed by atoms with Crippen LogP contribution in [0.1, 0.15) is 48.9 Å². The van der Waals surface area contributed by atoms with E-state index >= 15 is 0 Å². The van der Waals surface area contributed by atoms with Gasteiger partial charge in [-0.15, -0.1) is 0 Å². The number of amides is 1. The van der Waals surface area contributed by atoms with Gasteiger partial charge in [0.15, 0.2) is 0 Å². The van der Waals surface area contributed by atoms with E-state index in [0.29, 0.717) is 18.6 Å². The Hall–Kier alpha value is -2.13. The summed E-state index contributed by atoms with van der Waals surface area (Å²) in [6.07, 6.45) is 4.62. The molecule has 1 spiro atoms. The maximum Gasteiger partial charge on any atom is 0.222 e. The number of hydrogen-bond acceptors (Lipinski definition) is 5. The van der Waals surface area contributed by atoms with Crippen molar-refractivity contribution in [1.82, 2.24) is 9.88 Å². The van der Waals surface area contributed by atoms with Crippen molar-refractivity contribution in [3.63, 3.8) is 0 Å². The molecular weight excluding hydrogens is 340 g/mol. The van der Waals surface area contributed by atoms with Crippen LogP contribution in [0.25, 0.3) is 0 Å². The second-order valence-electron chi connectivity index (χ2n) is 8.08. The molecule has 3 heterocycles. The third-order valence-corrected chi connectivity index (χ3v) is 5.92. The summed E-state index contributed by atoms with van der Waals surface area (Å²) in [4.78, 5) is 21.4. The van der Waals surface area contributed by atoms with Gasteiger partial charge < -0.3 is 14.5 Å². The average Bonchev–Trinajstić information content (AvgIpc) is 2.64. The predicted molar refractivity (Wildman–Crippen MR) is 105 cm³/mol. The minimum Gasteiger partial charge on any atom is -0.385 e. The molecule has 1 aromatic heterocycles. The number of nitrogens with zero attached hydrogens (tertiary/aromatic N) is 4. The smallest absolute Gasteiger partial charge is 0.222 e. The molecule has 0 aromatic carbocycles. The van der Waals surface area contributed by atoms with Gasteiger partial charge >= 0.3 is 0 Å². The fourth-order valence-electron chi connectivity index (χ4n) is 4.61. The maximum absolute atomic E-state index is 12.4. The van der Waals surface area contributed by atoms with Gasteiger partial charge in [0.2, 0.25) is 5.91 Å². The Balaban J connectivity index is 1.80. The summed E-state index contributed by atoms with van der Waals surface area (Å²) >= 11 is 0. The maximum atomic E-state index is 12.4. The Kier molecular flexibility index (Phi) is 6.01. The first-order chi connectivity index (χ1) is 13.0. The van der Waals surface area contributed by atoms with Crippen molar-refractivity contribution in [1.29, 1.82) is 5.26 Å². The second kappa shape index (κ2) is 8.26. The highest BCUT2D eigenvalue weighted by atomic mass is 16.5. The number of carbonyl (C=O) groups is 1. The zero-order valence-electron chi connectivity index (χ0n) is 16.8. The molecule has 1 amide bonds. The van der Waals surface area contributed by atoms with Crippen LogP contribution in [0.5, 0.6) is 0 Å². The molecule has 0 aliphatic carbocycles. The van der Waals surface area contributed by atoms with E-state index in [4.69, 9.17) is 9.72 Å². The summed E-state index contributed by atoms with van der Waals surface area (Å²) in [5.41, 5.74) is 2.72. The number of pyridine rings is 1. The van der Waals surface area contributed by atoms with Crippen LogP contribution in [0.4, 0.5) is 5.82 Å². The fraction of sp³-hybridized carbons (Fsp3) is 0.667. The molecule has 0 unspecified atom stereocenters. The first-order valence-electron chi connectivity index (χ1n) is 9.88. The molecule has 2 aliphatic rings. The normalized spacial score (nSPS) is 23.0. The lowest BCUT2D eigenvalue weighted by atomic mass is 9.73. The lowest BCUT2D eigenvalue weighted by Crippen LogP contribution is -2.54. The number of methoxy groups -OCH3 is 1. The molecule has 3 rings (SSSR count). The van der Waals surface area contributed by atoms with E-state index in [1.54, 1.807) is 7.11 Å². The van der Waals surface area contributed by atoms with E-state index in [9.17, 15) is 10.1 Å². The van der Waals surface area contributed by atoms with Crippen LogP contribution < -0.4 is 4.90 Å². The van der Waals surface area contributed by atoms with Gasteiger partial charge in [0.25, 0.3) is 0 Å². The molecule has 2 aliphatic heterocycles. The molecule has 27 heavy (non-hydrogen) atoms. The summed E-state index contributed by atoms with van der Waals surface area (Å²) in [7, 11) is 1.70. The van der Waals surface area contributed by atoms with Gasteiger partial charge in [-0.05, 0) is 51.2 Å². The highest BCUT2D eigenvalue weighted by Crippen LogP contribution is 2.40. The van der Waals surface area contributed by atoms with Crippen LogP contribution in [-0.2, 0) is 9.53 Å². The van der Waals surface area contributed by atoms with Crippen LogP contribution >= 0.6 is 0 Å². The van der Waals surface area contributed by atoms with Crippen LogP contribution in [0.3, 0.4) is 0 Å². The molecular formula is C21H30N4O2. The number of hydrogen-bond donors (Lipinski definition) is 0. The van der Waals surface area contributed by atoms with Crippen LogP contribution in [-0.4, -0.2) is 55.7 Å². The zero-order valence-corrected chi connectivity index (χ0v) is 16.8. The topological polar surface area (TPSA) is 69.5 Å². The standard InChI is InChI=1S/C21H30N4O2/c1-16-12-17(2)23-20(18(16)13-22)25-9-4-7-21(15-25)8-6-19(26)24(14-21)10-5-11-27-3/h12H,4-11,14-15H2,1-3H3/t21-/m1/s1. The fourth-order valence-corrected chi connectivity index (χ4v) is 4.61. The van der Waals surface area contributed by atoms with Crippen molar-refractivity contribution >= 4 is 11.7 Å². The predicted octanol–water partition coefficient (Wildman–Crippen LogP) is 2.82. The number of carbonyl (C=O) groups excluding carboxylic acids is 1. The van der Waals surface area contributed by atoms with Gasteiger partial charge in [-0.3, -0.25) is 4.79 Å². The van der Waals surface area contributed by atoms with Gasteiger partial charge in [0.05, 0.1) is 5.56 Å². The molecule has 6 heteroatoms. The number of likely N-dealkylation sites (tertiary alicyclic amines) is 1. The van der Waals surface area contributed by atoms with Crippen molar-refractivity contribution in [2.75, 3.05) is 44.8 Å². The Bertz CT molecular complexity index is 742. The van der Waals surface area contributed by atoms with Gasteiger partial charge in [-0.1, -0.05) is 0 Å². The van der Waals surface area contributed by atoms with Gasteiger partial charge in [0.1, 0.15) is 11.9 Å². The summed E-state index contributed by atoms with van der Waals surface area (Å²) in [6, 6.07) is 4.32. The van der Waals surface area contributed by atoms with E-state index in [2.05, 4.69) is 11.0 Å². The molecule has 1 aromatic rings. The third kappa shape index (κ3) is 4.24. The molecule has 0 N–H and O–H groups in total. The second-order valence-corrected chi connectivity index (χ2v) is 8.08. The van der Waals surface area contributed by atoms with E-state index in [1.807, 2.05) is 24.8 Å². The molecule has 0 saturated carbocycles. The summed E-state index contributed by atoms with van der Waals surface area (Å²) < 4.78 is 5.14. The van der Waals surface area contributed by atoms with Crippen LogP contribution in [0.15, 0.2) is 6.07 Å². The molecule has 2 saturated heterocycles. The lowest BCUT2D eigenvalue weighted by Gasteiger charge is -2.48. The third-order valence-electron chi connectivity index (χ3n) is 5.92. The van der Waals surface area contributed by atoms with E-state index in [0.717, 1.165) is 68.9 Å². The van der Waals surface area contributed by atoms with Crippen molar-refractivity contribution in [2.24, 2.45) is 5.41 Å². The van der Waals surface area contributed by atoms with Crippen molar-refractivity contribution in [3.8, 4) is 6.07 Å². The summed E-state index contributed by atoms with van der Waals surface area (Å²) in [5.74, 6) is 1.08. The highest BCUT2D eigenvalue weighted by Gasteiger charge is 2.42. The summed E-state index contributed by atoms with van der Waals surface area (Å²) in [6.45, 7) is 8.00. The van der Waals surface area contributed by atoms with E-state index < -0.39 is 0 Å². The number of aromatic nitrogens is 1. The van der Waals surface area contributed by atoms with Gasteiger partial charge in [-0.25, -0.2) is 4.98 Å². The van der Waals surface area contributed by atoms with Crippen molar-refractivity contribution in [3.05, 3.63) is 22.9 Å². The minimum atomic E-state index is 0.102. The molecule has 0 radical (unpaired) electrons. The molecule has 146 valence electrons. The first kappa shape index (κ1) is 19.6. The Labute approximate surface area is 162 Å². The SMILES string of the molecule is COCCCN1C[C@@]2(CCCN(c3nc(C)cc(C)c3C#N)C2)CCC1=O. The highest BCUT2D eigenvalue weighted by molar-refractivity contribution is 5.77. The van der Waals surface area contributed by atoms with E-state index in [1.165, 1.54) is 0 Å². The van der Waals surface area contributed by atoms with Crippen LogP contribution in [0.2, 0.25) is 0 Å². The van der Waals surface area contributed by atoms with E-state index in [-0.39, 0.29) is 11.3 Å². The molecule has 0 bridgehead atoms. The lowest BCUT2D eigenvalue weighted by molar-refractivity contribution is -0.138. The number of nitriles is 1. The van der Waals surface area contributed by atoms with Crippen molar-refractivity contribution < 1.29 is 9.53 Å². The average molecular weight is 370 g/mol. The Morgan fingerprint density at radius 2 is 2.15 bits per heavy atom. The van der Waals surface area contributed by atoms with Crippen molar-refractivity contribution in [2.45, 2.75) is 46.0 Å². The molecule has 2 fully saturated rings. The monoisotopic (exact) mass is 370 g/mol. The Morgan fingerprint density at radius 3 is 2.89 bits per heavy atom. The van der Waals surface area contributed by atoms with Gasteiger partial charge in [-0.2, -0.15) is 5.26 Å². The largest absolute Gasteiger partial charge is 0.385 e. The molecule has 6 nitrogen and oxygen atoms in total. The number of rotatable bonds is 5. The summed E-state index contributed by atoms with van der Waals surface area (Å²) in [5, 5.41) is 9.64. The Morgan fingerprint density at radius 1 is 1.33 bits per heavy atom. The first-order valence-corrected chi connectivity index (χ1v) is 9.88. The van der Waals surface area contributed by atoms with Gasteiger partial charge in [0, 0.05) is 57.4 Å². The minimum absolute atomic E-state index is 0.102.